The number of carbonyl (C=O) groups excluding carboxylic acids is 1. The number of halogens is 1. The molecule has 21 heavy (non-hydrogen) atoms. The number of nitrogens with zero attached hydrogens (tertiary/aromatic N) is 3. The third-order valence-corrected chi connectivity index (χ3v) is 7.76. The topological polar surface area (TPSA) is 77.2 Å². The lowest BCUT2D eigenvalue weighted by atomic mass is 9.85. The minimum absolute atomic E-state index is 0.172. The number of aromatic nitrogens is 1. The van der Waals surface area contributed by atoms with Crippen molar-refractivity contribution in [2.24, 2.45) is 0 Å². The summed E-state index contributed by atoms with van der Waals surface area (Å²) >= 11 is 3.62. The fourth-order valence-corrected chi connectivity index (χ4v) is 5.80. The van der Waals surface area contributed by atoms with E-state index in [1.165, 1.54) is 0 Å². The van der Waals surface area contributed by atoms with Crippen LogP contribution in [0.3, 0.4) is 0 Å². The van der Waals surface area contributed by atoms with E-state index >= 15 is 0 Å². The first-order valence-electron chi connectivity index (χ1n) is 6.51. The van der Waals surface area contributed by atoms with Crippen LogP contribution in [-0.4, -0.2) is 40.5 Å². The predicted molar refractivity (Wildman–Crippen MR) is 87.7 cm³/mol. The number of nitriles is 1. The van der Waals surface area contributed by atoms with Crippen molar-refractivity contribution in [3.63, 3.8) is 0 Å². The number of thioether (sulfide) groups is 1. The number of carbonyl (C=O) groups is 1. The van der Waals surface area contributed by atoms with Crippen LogP contribution in [0.2, 0.25) is 0 Å². The van der Waals surface area contributed by atoms with E-state index in [0.29, 0.717) is 5.56 Å². The van der Waals surface area contributed by atoms with Gasteiger partial charge in [0, 0.05) is 22.7 Å². The van der Waals surface area contributed by atoms with Crippen LogP contribution in [0.25, 0.3) is 0 Å². The number of aliphatic hydroxyl groups is 1. The van der Waals surface area contributed by atoms with Crippen molar-refractivity contribution in [2.45, 2.75) is 39.5 Å². The molecule has 7 heteroatoms. The summed E-state index contributed by atoms with van der Waals surface area (Å²) in [5.74, 6) is -0.172. The molecule has 2 saturated heterocycles. The lowest BCUT2D eigenvalue weighted by Gasteiger charge is -2.51. The average molecular weight is 415 g/mol. The van der Waals surface area contributed by atoms with Crippen molar-refractivity contribution in [1.29, 1.82) is 5.26 Å². The first-order chi connectivity index (χ1) is 9.84. The van der Waals surface area contributed by atoms with Crippen molar-refractivity contribution in [3.8, 4) is 6.07 Å². The molecule has 1 amide bonds. The van der Waals surface area contributed by atoms with Gasteiger partial charge in [-0.25, -0.2) is 0 Å². The zero-order chi connectivity index (χ0) is 15.4. The van der Waals surface area contributed by atoms with Gasteiger partial charge >= 0.3 is 0 Å². The molecule has 5 nitrogen and oxygen atoms in total. The van der Waals surface area contributed by atoms with Crippen LogP contribution in [0.4, 0.5) is 0 Å². The number of amides is 1. The minimum Gasteiger partial charge on any atom is -0.386 e. The summed E-state index contributed by atoms with van der Waals surface area (Å²) in [4.78, 5) is 18.2. The van der Waals surface area contributed by atoms with Crippen LogP contribution in [0, 0.1) is 11.3 Å². The summed E-state index contributed by atoms with van der Waals surface area (Å²) in [7, 11) is 0. The molecule has 1 aromatic heterocycles. The molecule has 1 N–H and O–H groups in total. The number of alkyl halides is 1. The summed E-state index contributed by atoms with van der Waals surface area (Å²) in [5, 5.41) is 19.8. The summed E-state index contributed by atoms with van der Waals surface area (Å²) < 4.78 is -1.27. The largest absolute Gasteiger partial charge is 0.386 e. The summed E-state index contributed by atoms with van der Waals surface area (Å²) in [5.41, 5.74) is 0.624. The average Bonchev–Trinajstić information content (AvgIpc) is 2.75. The van der Waals surface area contributed by atoms with Crippen LogP contribution in [0.15, 0.2) is 24.5 Å². The van der Waals surface area contributed by atoms with Gasteiger partial charge in [0.25, 0.3) is 0 Å². The zero-order valence-electron chi connectivity index (χ0n) is 11.5. The Bertz CT molecular complexity index is 633. The monoisotopic (exact) mass is 415 g/mol. The maximum Gasteiger partial charge on any atom is 0.246 e. The molecule has 1 aromatic rings. The number of β-lactam (4-membered cyclic amide) rings is 1. The quantitative estimate of drug-likeness (QED) is 0.454. The molecule has 110 valence electrons. The van der Waals surface area contributed by atoms with Gasteiger partial charge in [0.2, 0.25) is 5.91 Å². The van der Waals surface area contributed by atoms with Gasteiger partial charge in [-0.15, -0.1) is 11.8 Å². The number of aliphatic hydroxyl groups excluding tert-OH is 1. The fourth-order valence-electron chi connectivity index (χ4n) is 2.88. The zero-order valence-corrected chi connectivity index (χ0v) is 14.5. The Morgan fingerprint density at radius 3 is 2.90 bits per heavy atom. The molecule has 3 heterocycles. The van der Waals surface area contributed by atoms with Gasteiger partial charge in [0.1, 0.15) is 17.5 Å². The Kier molecular flexibility index (Phi) is 3.46. The van der Waals surface area contributed by atoms with E-state index in [-0.39, 0.29) is 16.0 Å². The number of rotatable bonds is 2. The fraction of sp³-hybridized carbons (Fsp3) is 0.500. The summed E-state index contributed by atoms with van der Waals surface area (Å²) in [6.07, 6.45) is 2.28. The standard InChI is InChI=1S/C14H14IN3O2S/c1-13(2)9(6-16)18-11(20)14(15,12(18)21-13)10(19)8-4-3-5-17-7-8/h3-5,7,9-10,12,19H,1-2H3/t9-,10?,12+,14+/m0/s1. The molecule has 0 aromatic carbocycles. The van der Waals surface area contributed by atoms with Gasteiger partial charge < -0.3 is 10.0 Å². The summed E-state index contributed by atoms with van der Waals surface area (Å²) in [6, 6.07) is 5.27. The van der Waals surface area contributed by atoms with E-state index in [0.717, 1.165) is 0 Å². The molecule has 3 rings (SSSR count). The molecule has 0 radical (unpaired) electrons. The van der Waals surface area contributed by atoms with Gasteiger partial charge in [-0.2, -0.15) is 5.26 Å². The van der Waals surface area contributed by atoms with E-state index in [9.17, 15) is 15.2 Å². The molecule has 2 aliphatic heterocycles. The first-order valence-corrected chi connectivity index (χ1v) is 8.47. The molecular weight excluding hydrogens is 401 g/mol. The molecule has 0 saturated carbocycles. The molecule has 2 fully saturated rings. The number of pyridine rings is 1. The SMILES string of the molecule is CC1(C)S[C@H]2N(C(=O)[C@]2(I)C(O)c2cccnc2)[C@H]1C#N. The second-order valence-electron chi connectivity index (χ2n) is 5.77. The first kappa shape index (κ1) is 15.1. The van der Waals surface area contributed by atoms with Crippen molar-refractivity contribution in [3.05, 3.63) is 30.1 Å². The predicted octanol–water partition coefficient (Wildman–Crippen LogP) is 1.87. The molecule has 1 unspecified atom stereocenters. The Morgan fingerprint density at radius 2 is 2.33 bits per heavy atom. The van der Waals surface area contributed by atoms with E-state index in [2.05, 4.69) is 11.1 Å². The number of hydrogen-bond donors (Lipinski definition) is 1. The van der Waals surface area contributed by atoms with Crippen LogP contribution < -0.4 is 0 Å². The number of hydrogen-bond acceptors (Lipinski definition) is 5. The van der Waals surface area contributed by atoms with Gasteiger partial charge in [0.05, 0.1) is 6.07 Å². The Labute approximate surface area is 140 Å². The van der Waals surface area contributed by atoms with E-state index in [1.807, 2.05) is 36.4 Å². The maximum absolute atomic E-state index is 12.6. The van der Waals surface area contributed by atoms with Crippen LogP contribution in [0.1, 0.15) is 25.5 Å². The van der Waals surface area contributed by atoms with Gasteiger partial charge in [-0.3, -0.25) is 9.78 Å². The van der Waals surface area contributed by atoms with Gasteiger partial charge in [-0.05, 0) is 19.9 Å². The number of fused-ring (bicyclic) bond motifs is 1. The second kappa shape index (κ2) is 4.83. The molecular formula is C14H14IN3O2S. The minimum atomic E-state index is -0.936. The highest BCUT2D eigenvalue weighted by Crippen LogP contribution is 2.61. The third kappa shape index (κ3) is 1.92. The van der Waals surface area contributed by atoms with Crippen molar-refractivity contribution < 1.29 is 9.90 Å². The molecule has 0 bridgehead atoms. The molecule has 4 atom stereocenters. The lowest BCUT2D eigenvalue weighted by molar-refractivity contribution is -0.152. The van der Waals surface area contributed by atoms with Crippen LogP contribution >= 0.6 is 34.4 Å². The highest BCUT2D eigenvalue weighted by Gasteiger charge is 2.71. The normalized spacial score (nSPS) is 34.8. The van der Waals surface area contributed by atoms with E-state index in [4.69, 9.17) is 0 Å². The van der Waals surface area contributed by atoms with Crippen LogP contribution in [-0.2, 0) is 4.79 Å². The van der Waals surface area contributed by atoms with Gasteiger partial charge in [-0.1, -0.05) is 28.7 Å². The molecule has 2 aliphatic rings. The highest BCUT2D eigenvalue weighted by atomic mass is 127. The molecule has 0 spiro atoms. The van der Waals surface area contributed by atoms with Crippen molar-refractivity contribution in [1.82, 2.24) is 9.88 Å². The lowest BCUT2D eigenvalue weighted by Crippen LogP contribution is -2.71. The Hall–Kier alpha value is -0.850. The summed E-state index contributed by atoms with van der Waals surface area (Å²) in [6.45, 7) is 3.93. The highest BCUT2D eigenvalue weighted by molar-refractivity contribution is 14.1. The third-order valence-electron chi connectivity index (χ3n) is 4.05. The van der Waals surface area contributed by atoms with E-state index in [1.54, 1.807) is 41.2 Å². The van der Waals surface area contributed by atoms with Crippen molar-refractivity contribution in [2.75, 3.05) is 0 Å². The Balaban J connectivity index is 1.95. The Morgan fingerprint density at radius 1 is 1.62 bits per heavy atom. The van der Waals surface area contributed by atoms with Crippen molar-refractivity contribution >= 4 is 40.3 Å². The van der Waals surface area contributed by atoms with Gasteiger partial charge in [0.15, 0.2) is 3.42 Å². The maximum atomic E-state index is 12.6. The smallest absolute Gasteiger partial charge is 0.246 e. The van der Waals surface area contributed by atoms with Crippen LogP contribution in [0.5, 0.6) is 0 Å². The second-order valence-corrected chi connectivity index (χ2v) is 9.29. The molecule has 0 aliphatic carbocycles. The van der Waals surface area contributed by atoms with E-state index < -0.39 is 15.6 Å².